The molecule has 0 bridgehead atoms. The summed E-state index contributed by atoms with van der Waals surface area (Å²) in [7, 11) is 0. The molecule has 21 heavy (non-hydrogen) atoms. The fourth-order valence-electron chi connectivity index (χ4n) is 3.76. The molecule has 0 radical (unpaired) electrons. The van der Waals surface area contributed by atoms with Crippen LogP contribution in [0.25, 0.3) is 0 Å². The van der Waals surface area contributed by atoms with Crippen LogP contribution in [-0.2, 0) is 4.79 Å². The lowest BCUT2D eigenvalue weighted by Gasteiger charge is -2.30. The van der Waals surface area contributed by atoms with Gasteiger partial charge in [-0.15, -0.1) is 0 Å². The fraction of sp³-hybridized carbons (Fsp3) is 0.588. The van der Waals surface area contributed by atoms with Crippen LogP contribution in [0.1, 0.15) is 51.6 Å². The minimum absolute atomic E-state index is 0.0607. The molecule has 4 nitrogen and oxygen atoms in total. The van der Waals surface area contributed by atoms with Crippen LogP contribution in [0.2, 0.25) is 0 Å². The Bertz CT molecular complexity index is 543. The third-order valence-electron chi connectivity index (χ3n) is 4.83. The molecule has 0 aromatic heterocycles. The molecule has 2 N–H and O–H groups in total. The van der Waals surface area contributed by atoms with Gasteiger partial charge in [0.25, 0.3) is 0 Å². The summed E-state index contributed by atoms with van der Waals surface area (Å²) in [6.07, 6.45) is 3.69. The van der Waals surface area contributed by atoms with Gasteiger partial charge < -0.3 is 15.5 Å². The second kappa shape index (κ2) is 5.68. The summed E-state index contributed by atoms with van der Waals surface area (Å²) >= 11 is 0. The molecule has 3 unspecified atom stereocenters. The van der Waals surface area contributed by atoms with Crippen molar-refractivity contribution in [2.24, 2.45) is 0 Å². The quantitative estimate of drug-likeness (QED) is 0.894. The van der Waals surface area contributed by atoms with Crippen molar-refractivity contribution in [1.29, 1.82) is 0 Å². The molecule has 0 aliphatic carbocycles. The average molecular weight is 287 g/mol. The van der Waals surface area contributed by atoms with Crippen LogP contribution in [0.15, 0.2) is 18.2 Å². The zero-order chi connectivity index (χ0) is 15.0. The first-order valence-electron chi connectivity index (χ1n) is 8.12. The second-order valence-corrected chi connectivity index (χ2v) is 6.15. The fourth-order valence-corrected chi connectivity index (χ4v) is 3.76. The summed E-state index contributed by atoms with van der Waals surface area (Å²) in [6.45, 7) is 7.37. The van der Waals surface area contributed by atoms with Crippen LogP contribution in [0.3, 0.4) is 0 Å². The van der Waals surface area contributed by atoms with Crippen molar-refractivity contribution < 1.29 is 4.79 Å². The Kier molecular flexibility index (Phi) is 3.89. The molecule has 114 valence electrons. The lowest BCUT2D eigenvalue weighted by molar-refractivity contribution is -0.117. The van der Waals surface area contributed by atoms with E-state index < -0.39 is 0 Å². The predicted octanol–water partition coefficient (Wildman–Crippen LogP) is 3.06. The molecular formula is C17H25N3O. The Morgan fingerprint density at radius 3 is 2.86 bits per heavy atom. The van der Waals surface area contributed by atoms with Gasteiger partial charge in [0, 0.05) is 29.0 Å². The topological polar surface area (TPSA) is 44.4 Å². The highest BCUT2D eigenvalue weighted by Gasteiger charge is 2.33. The molecule has 3 atom stereocenters. The second-order valence-electron chi connectivity index (χ2n) is 6.15. The molecule has 1 fully saturated rings. The number of benzene rings is 1. The van der Waals surface area contributed by atoms with E-state index in [9.17, 15) is 4.79 Å². The minimum Gasteiger partial charge on any atom is -0.366 e. The first-order valence-corrected chi connectivity index (χ1v) is 8.12. The van der Waals surface area contributed by atoms with Gasteiger partial charge in [-0.1, -0.05) is 19.9 Å². The first-order chi connectivity index (χ1) is 10.2. The maximum Gasteiger partial charge on any atom is 0.246 e. The molecule has 3 rings (SSSR count). The summed E-state index contributed by atoms with van der Waals surface area (Å²) in [5.41, 5.74) is 3.28. The smallest absolute Gasteiger partial charge is 0.246 e. The third-order valence-corrected chi connectivity index (χ3v) is 4.83. The predicted molar refractivity (Wildman–Crippen MR) is 86.7 cm³/mol. The Labute approximate surface area is 126 Å². The normalized spacial score (nSPS) is 27.9. The Balaban J connectivity index is 1.91. The third kappa shape index (κ3) is 2.42. The van der Waals surface area contributed by atoms with Crippen molar-refractivity contribution in [2.45, 2.75) is 58.2 Å². The first kappa shape index (κ1) is 14.4. The number of anilines is 2. The zero-order valence-electron chi connectivity index (χ0n) is 13.1. The van der Waals surface area contributed by atoms with Gasteiger partial charge in [-0.25, -0.2) is 0 Å². The molecule has 4 heteroatoms. The van der Waals surface area contributed by atoms with E-state index in [1.807, 2.05) is 6.92 Å². The standard InChI is InChI=1S/C17H25N3O/c1-4-12-7-6-11(3)20(12)13-8-9-14-15(10-13)19-17(21)16(14)18-5-2/h8-12,16,18H,4-7H2,1-3H3,(H,19,21). The van der Waals surface area contributed by atoms with E-state index in [0.717, 1.165) is 17.8 Å². The number of rotatable bonds is 4. The van der Waals surface area contributed by atoms with E-state index in [1.165, 1.54) is 24.9 Å². The average Bonchev–Trinajstić information content (AvgIpc) is 2.99. The summed E-state index contributed by atoms with van der Waals surface area (Å²) in [6, 6.07) is 7.43. The molecule has 2 aliphatic heterocycles. The highest BCUT2D eigenvalue weighted by molar-refractivity contribution is 6.03. The van der Waals surface area contributed by atoms with Crippen molar-refractivity contribution in [3.8, 4) is 0 Å². The van der Waals surface area contributed by atoms with Gasteiger partial charge in [0.1, 0.15) is 6.04 Å². The summed E-state index contributed by atoms with van der Waals surface area (Å²) in [5, 5.41) is 6.26. The summed E-state index contributed by atoms with van der Waals surface area (Å²) < 4.78 is 0. The van der Waals surface area contributed by atoms with E-state index in [4.69, 9.17) is 0 Å². The molecule has 0 spiro atoms. The zero-order valence-corrected chi connectivity index (χ0v) is 13.1. The number of carbonyl (C=O) groups is 1. The molecule has 1 amide bonds. The monoisotopic (exact) mass is 287 g/mol. The van der Waals surface area contributed by atoms with Gasteiger partial charge >= 0.3 is 0 Å². The molecule has 1 saturated heterocycles. The Morgan fingerprint density at radius 2 is 2.14 bits per heavy atom. The van der Waals surface area contributed by atoms with Crippen molar-refractivity contribution in [3.63, 3.8) is 0 Å². The van der Waals surface area contributed by atoms with Gasteiger partial charge in [-0.05, 0) is 44.9 Å². The Hall–Kier alpha value is -1.55. The maximum absolute atomic E-state index is 12.1. The molecule has 1 aromatic rings. The van der Waals surface area contributed by atoms with Crippen LogP contribution in [0.5, 0.6) is 0 Å². The van der Waals surface area contributed by atoms with Crippen LogP contribution in [0, 0.1) is 0 Å². The number of hydrogen-bond acceptors (Lipinski definition) is 3. The SMILES string of the molecule is CCNC1C(=O)Nc2cc(N3C(C)CCC3CC)ccc21. The molecular weight excluding hydrogens is 262 g/mol. The van der Waals surface area contributed by atoms with E-state index >= 15 is 0 Å². The lowest BCUT2D eigenvalue weighted by atomic mass is 10.1. The maximum atomic E-state index is 12.1. The number of likely N-dealkylation sites (N-methyl/N-ethyl adjacent to an activating group) is 1. The number of nitrogens with zero attached hydrogens (tertiary/aromatic N) is 1. The highest BCUT2D eigenvalue weighted by atomic mass is 16.2. The number of carbonyl (C=O) groups excluding carboxylic acids is 1. The van der Waals surface area contributed by atoms with Crippen LogP contribution in [-0.4, -0.2) is 24.5 Å². The molecule has 2 heterocycles. The van der Waals surface area contributed by atoms with E-state index in [-0.39, 0.29) is 11.9 Å². The van der Waals surface area contributed by atoms with Crippen molar-refractivity contribution in [3.05, 3.63) is 23.8 Å². The number of hydrogen-bond donors (Lipinski definition) is 2. The summed E-state index contributed by atoms with van der Waals surface area (Å²) in [4.78, 5) is 14.6. The minimum atomic E-state index is -0.197. The highest BCUT2D eigenvalue weighted by Crippen LogP contribution is 2.38. The molecule has 0 saturated carbocycles. The van der Waals surface area contributed by atoms with Crippen molar-refractivity contribution >= 4 is 17.3 Å². The molecule has 2 aliphatic rings. The number of fused-ring (bicyclic) bond motifs is 1. The van der Waals surface area contributed by atoms with Crippen molar-refractivity contribution in [2.75, 3.05) is 16.8 Å². The van der Waals surface area contributed by atoms with Gasteiger partial charge in [0.15, 0.2) is 0 Å². The lowest BCUT2D eigenvalue weighted by Crippen LogP contribution is -2.34. The summed E-state index contributed by atoms with van der Waals surface area (Å²) in [5.74, 6) is 0.0607. The number of nitrogens with one attached hydrogen (secondary N) is 2. The number of amides is 1. The van der Waals surface area contributed by atoms with Crippen LogP contribution < -0.4 is 15.5 Å². The Morgan fingerprint density at radius 1 is 1.33 bits per heavy atom. The van der Waals surface area contributed by atoms with E-state index in [0.29, 0.717) is 12.1 Å². The van der Waals surface area contributed by atoms with Gasteiger partial charge in [-0.3, -0.25) is 4.79 Å². The van der Waals surface area contributed by atoms with Gasteiger partial charge in [0.2, 0.25) is 5.91 Å². The van der Waals surface area contributed by atoms with Crippen LogP contribution in [0.4, 0.5) is 11.4 Å². The van der Waals surface area contributed by atoms with Gasteiger partial charge in [0.05, 0.1) is 0 Å². The largest absolute Gasteiger partial charge is 0.366 e. The van der Waals surface area contributed by atoms with E-state index in [2.05, 4.69) is 47.6 Å². The van der Waals surface area contributed by atoms with E-state index in [1.54, 1.807) is 0 Å². The van der Waals surface area contributed by atoms with Gasteiger partial charge in [-0.2, -0.15) is 0 Å². The van der Waals surface area contributed by atoms with Crippen LogP contribution >= 0.6 is 0 Å². The van der Waals surface area contributed by atoms with Crippen molar-refractivity contribution in [1.82, 2.24) is 5.32 Å². The molecule has 1 aromatic carbocycles.